The van der Waals surface area contributed by atoms with Crippen LogP contribution in [0.5, 0.6) is 0 Å². The predicted octanol–water partition coefficient (Wildman–Crippen LogP) is 0.306. The third-order valence-corrected chi connectivity index (χ3v) is 4.28. The monoisotopic (exact) mass is 270 g/mol. The van der Waals surface area contributed by atoms with Crippen molar-refractivity contribution in [3.63, 3.8) is 0 Å². The number of nitrogens with two attached hydrogens (primary N) is 1. The van der Waals surface area contributed by atoms with E-state index >= 15 is 0 Å². The van der Waals surface area contributed by atoms with Crippen molar-refractivity contribution in [2.45, 2.75) is 44.9 Å². The van der Waals surface area contributed by atoms with Gasteiger partial charge in [-0.25, -0.2) is 0 Å². The minimum absolute atomic E-state index is 0.00917. The quantitative estimate of drug-likeness (QED) is 0.333. The Hall–Kier alpha value is -0.850. The fourth-order valence-corrected chi connectivity index (χ4v) is 2.91. The smallest absolute Gasteiger partial charge is 0.156 e. The zero-order valence-electron chi connectivity index (χ0n) is 12.0. The second kappa shape index (κ2) is 6.54. The van der Waals surface area contributed by atoms with E-state index in [0.29, 0.717) is 18.0 Å². The van der Waals surface area contributed by atoms with Gasteiger partial charge in [-0.3, -0.25) is 9.80 Å². The molecule has 2 rings (SSSR count). The maximum Gasteiger partial charge on any atom is 0.156 e. The average Bonchev–Trinajstić information content (AvgIpc) is 2.83. The Morgan fingerprint density at radius 3 is 2.58 bits per heavy atom. The molecule has 110 valence electrons. The number of hydrogen-bond donors (Lipinski definition) is 2. The maximum atomic E-state index is 8.71. The molecule has 0 amide bonds. The highest BCUT2D eigenvalue weighted by Crippen LogP contribution is 2.20. The number of rotatable bonds is 4. The molecule has 0 aromatic carbocycles. The number of nitrogens with zero attached hydrogens (tertiary/aromatic N) is 3. The van der Waals surface area contributed by atoms with Crippen LogP contribution in [0.4, 0.5) is 0 Å². The van der Waals surface area contributed by atoms with Crippen molar-refractivity contribution in [1.29, 1.82) is 0 Å². The second-order valence-electron chi connectivity index (χ2n) is 5.68. The Labute approximate surface area is 115 Å². The molecule has 6 nitrogen and oxygen atoms in total. The fraction of sp³-hybridized carbons (Fsp3) is 0.923. The third-order valence-electron chi connectivity index (χ3n) is 4.28. The summed E-state index contributed by atoms with van der Waals surface area (Å²) in [7, 11) is 0. The summed E-state index contributed by atoms with van der Waals surface area (Å²) in [6.07, 6.45) is 3.20. The lowest BCUT2D eigenvalue weighted by molar-refractivity contribution is 0.0178. The molecule has 0 aromatic heterocycles. The summed E-state index contributed by atoms with van der Waals surface area (Å²) >= 11 is 0. The number of amidine groups is 1. The van der Waals surface area contributed by atoms with Gasteiger partial charge < -0.3 is 15.7 Å². The molecular formula is C13H26N4O2. The molecule has 0 radical (unpaired) electrons. The molecule has 2 aliphatic heterocycles. The Balaban J connectivity index is 1.73. The molecule has 0 saturated carbocycles. The number of ether oxygens (including phenoxy) is 1. The van der Waals surface area contributed by atoms with Crippen molar-refractivity contribution >= 4 is 5.84 Å². The van der Waals surface area contributed by atoms with E-state index in [-0.39, 0.29) is 6.04 Å². The lowest BCUT2D eigenvalue weighted by Gasteiger charge is -2.38. The van der Waals surface area contributed by atoms with Crippen molar-refractivity contribution < 1.29 is 9.94 Å². The lowest BCUT2D eigenvalue weighted by Crippen LogP contribution is -2.54. The van der Waals surface area contributed by atoms with Crippen LogP contribution in [0.15, 0.2) is 5.16 Å². The average molecular weight is 270 g/mol. The van der Waals surface area contributed by atoms with E-state index in [2.05, 4.69) is 21.9 Å². The van der Waals surface area contributed by atoms with Gasteiger partial charge in [0.2, 0.25) is 0 Å². The van der Waals surface area contributed by atoms with E-state index in [4.69, 9.17) is 15.7 Å². The zero-order valence-corrected chi connectivity index (χ0v) is 12.0. The molecule has 3 unspecified atom stereocenters. The number of hydrogen-bond acceptors (Lipinski definition) is 5. The van der Waals surface area contributed by atoms with E-state index in [1.54, 1.807) is 0 Å². The highest BCUT2D eigenvalue weighted by Gasteiger charge is 2.27. The normalized spacial score (nSPS) is 32.6. The van der Waals surface area contributed by atoms with Gasteiger partial charge >= 0.3 is 0 Å². The Kier molecular flexibility index (Phi) is 5.01. The predicted molar refractivity (Wildman–Crippen MR) is 74.5 cm³/mol. The van der Waals surface area contributed by atoms with E-state index in [1.807, 2.05) is 6.92 Å². The van der Waals surface area contributed by atoms with Gasteiger partial charge in [-0.2, -0.15) is 0 Å². The molecule has 3 atom stereocenters. The van der Waals surface area contributed by atoms with Gasteiger partial charge in [0.1, 0.15) is 0 Å². The fourth-order valence-electron chi connectivity index (χ4n) is 2.91. The molecule has 0 aromatic rings. The molecule has 2 heterocycles. The van der Waals surface area contributed by atoms with E-state index in [1.165, 1.54) is 12.8 Å². The van der Waals surface area contributed by atoms with Crippen LogP contribution in [0.2, 0.25) is 0 Å². The highest BCUT2D eigenvalue weighted by molar-refractivity contribution is 5.84. The van der Waals surface area contributed by atoms with Gasteiger partial charge in [0.05, 0.1) is 18.2 Å². The van der Waals surface area contributed by atoms with Gasteiger partial charge in [0, 0.05) is 32.7 Å². The summed E-state index contributed by atoms with van der Waals surface area (Å²) < 4.78 is 5.87. The van der Waals surface area contributed by atoms with Crippen LogP contribution in [0.3, 0.4) is 0 Å². The van der Waals surface area contributed by atoms with E-state index < -0.39 is 0 Å². The molecule has 0 spiro atoms. The van der Waals surface area contributed by atoms with Crippen molar-refractivity contribution in [3.8, 4) is 0 Å². The Morgan fingerprint density at radius 2 is 2.05 bits per heavy atom. The van der Waals surface area contributed by atoms with Crippen molar-refractivity contribution in [2.24, 2.45) is 10.9 Å². The van der Waals surface area contributed by atoms with Crippen molar-refractivity contribution in [1.82, 2.24) is 9.80 Å². The first-order valence-electron chi connectivity index (χ1n) is 7.19. The molecular weight excluding hydrogens is 244 g/mol. The van der Waals surface area contributed by atoms with Gasteiger partial charge in [-0.05, 0) is 26.7 Å². The van der Waals surface area contributed by atoms with Crippen LogP contribution in [0, 0.1) is 0 Å². The van der Waals surface area contributed by atoms with Crippen LogP contribution in [-0.2, 0) is 4.74 Å². The summed E-state index contributed by atoms with van der Waals surface area (Å²) in [6, 6.07) is 0.00917. The standard InChI is InChI=1S/C13H26N4O2/c1-10-3-4-12(19-10)9-16-5-7-17(8-6-16)11(2)13(14)15-18/h10-12,18H,3-9H2,1-2H3,(H2,14,15). The molecule has 3 N–H and O–H groups in total. The summed E-state index contributed by atoms with van der Waals surface area (Å²) in [4.78, 5) is 4.71. The molecule has 0 bridgehead atoms. The topological polar surface area (TPSA) is 74.3 Å². The van der Waals surface area contributed by atoms with Crippen LogP contribution in [0.25, 0.3) is 0 Å². The minimum Gasteiger partial charge on any atom is -0.409 e. The maximum absolute atomic E-state index is 8.71. The zero-order chi connectivity index (χ0) is 13.8. The molecule has 2 aliphatic rings. The summed E-state index contributed by atoms with van der Waals surface area (Å²) in [5, 5.41) is 11.8. The van der Waals surface area contributed by atoms with Gasteiger partial charge in [-0.15, -0.1) is 0 Å². The second-order valence-corrected chi connectivity index (χ2v) is 5.68. The Morgan fingerprint density at radius 1 is 1.37 bits per heavy atom. The highest BCUT2D eigenvalue weighted by atomic mass is 16.5. The van der Waals surface area contributed by atoms with E-state index in [9.17, 15) is 0 Å². The van der Waals surface area contributed by atoms with Gasteiger partial charge in [0.25, 0.3) is 0 Å². The Bertz CT molecular complexity index is 316. The van der Waals surface area contributed by atoms with E-state index in [0.717, 1.165) is 32.7 Å². The molecule has 2 saturated heterocycles. The minimum atomic E-state index is 0.00917. The molecule has 0 aliphatic carbocycles. The van der Waals surface area contributed by atoms with Crippen molar-refractivity contribution in [3.05, 3.63) is 0 Å². The first kappa shape index (κ1) is 14.6. The summed E-state index contributed by atoms with van der Waals surface area (Å²) in [6.45, 7) is 9.13. The summed E-state index contributed by atoms with van der Waals surface area (Å²) in [5.74, 6) is 0.293. The van der Waals surface area contributed by atoms with Crippen LogP contribution in [-0.4, -0.2) is 71.8 Å². The SMILES string of the molecule is CC1CCC(CN2CCN(C(C)C(N)=NO)CC2)O1. The van der Waals surface area contributed by atoms with Gasteiger partial charge in [-0.1, -0.05) is 5.16 Å². The van der Waals surface area contributed by atoms with Crippen molar-refractivity contribution in [2.75, 3.05) is 32.7 Å². The number of piperazine rings is 1. The first-order chi connectivity index (χ1) is 9.10. The third kappa shape index (κ3) is 3.81. The molecule has 2 fully saturated rings. The van der Waals surface area contributed by atoms with Crippen LogP contribution < -0.4 is 5.73 Å². The van der Waals surface area contributed by atoms with Gasteiger partial charge in [0.15, 0.2) is 5.84 Å². The largest absolute Gasteiger partial charge is 0.409 e. The number of oxime groups is 1. The summed E-state index contributed by atoms with van der Waals surface area (Å²) in [5.41, 5.74) is 5.65. The molecule has 6 heteroatoms. The lowest BCUT2D eigenvalue weighted by atomic mass is 10.1. The first-order valence-corrected chi connectivity index (χ1v) is 7.19. The molecule has 19 heavy (non-hydrogen) atoms. The van der Waals surface area contributed by atoms with Crippen LogP contribution >= 0.6 is 0 Å². The van der Waals surface area contributed by atoms with Crippen LogP contribution in [0.1, 0.15) is 26.7 Å².